The Labute approximate surface area is 125 Å². The summed E-state index contributed by atoms with van der Waals surface area (Å²) < 4.78 is 0. The number of aryl methyl sites for hydroxylation is 2. The molecule has 6 heteroatoms. The van der Waals surface area contributed by atoms with E-state index in [2.05, 4.69) is 15.2 Å². The highest BCUT2D eigenvalue weighted by Crippen LogP contribution is 2.35. The molecule has 0 aliphatic heterocycles. The number of aromatic hydroxyl groups is 1. The average Bonchev–Trinajstić information content (AvgIpc) is 2.95. The fourth-order valence-corrected chi connectivity index (χ4v) is 3.12. The molecule has 2 aromatic heterocycles. The van der Waals surface area contributed by atoms with Crippen LogP contribution in [0.1, 0.15) is 20.1 Å². The molecule has 0 aliphatic carbocycles. The van der Waals surface area contributed by atoms with E-state index in [0.717, 1.165) is 20.7 Å². The van der Waals surface area contributed by atoms with Crippen LogP contribution in [0.25, 0.3) is 10.9 Å². The van der Waals surface area contributed by atoms with Crippen LogP contribution < -0.4 is 0 Å². The van der Waals surface area contributed by atoms with Crippen LogP contribution >= 0.6 is 11.3 Å². The Morgan fingerprint density at radius 3 is 2.76 bits per heavy atom. The number of fused-ring (bicyclic) bond motifs is 1. The van der Waals surface area contributed by atoms with Gasteiger partial charge in [0, 0.05) is 15.1 Å². The fraction of sp³-hybridized carbons (Fsp3) is 0.133. The molecular weight excluding hydrogens is 286 g/mol. The van der Waals surface area contributed by atoms with Gasteiger partial charge in [-0.1, -0.05) is 18.2 Å². The van der Waals surface area contributed by atoms with Crippen LogP contribution in [0.4, 0.5) is 5.69 Å². The van der Waals surface area contributed by atoms with Gasteiger partial charge in [-0.2, -0.15) is 0 Å². The lowest BCUT2D eigenvalue weighted by molar-refractivity contribution is 0.0995. The smallest absolute Gasteiger partial charge is 0.296 e. The Balaban J connectivity index is 1.96. The number of aromatic amines is 1. The Morgan fingerprint density at radius 2 is 2.05 bits per heavy atom. The van der Waals surface area contributed by atoms with E-state index in [-0.39, 0.29) is 11.6 Å². The van der Waals surface area contributed by atoms with Crippen molar-refractivity contribution in [1.82, 2.24) is 4.98 Å². The van der Waals surface area contributed by atoms with E-state index in [4.69, 9.17) is 0 Å². The molecule has 0 radical (unpaired) electrons. The Hall–Kier alpha value is -2.47. The van der Waals surface area contributed by atoms with Gasteiger partial charge in [0.05, 0.1) is 11.1 Å². The van der Waals surface area contributed by atoms with Crippen LogP contribution in [-0.2, 0) is 0 Å². The number of thiophene rings is 1. The maximum atomic E-state index is 12.1. The third kappa shape index (κ3) is 2.45. The standard InChI is InChI=1S/C15H13N3O2S/c1-8-7-11(9(2)21-8)14(19)18-17-13-10-5-3-4-6-12(10)16-15(13)20/h3-7,16,20H,1-2H3. The van der Waals surface area contributed by atoms with Gasteiger partial charge in [-0.3, -0.25) is 4.79 Å². The lowest BCUT2D eigenvalue weighted by Gasteiger charge is -1.92. The average molecular weight is 299 g/mol. The van der Waals surface area contributed by atoms with Crippen molar-refractivity contribution >= 4 is 33.8 Å². The summed E-state index contributed by atoms with van der Waals surface area (Å²) in [7, 11) is 0. The van der Waals surface area contributed by atoms with Gasteiger partial charge in [0.1, 0.15) is 0 Å². The number of carbonyl (C=O) groups excluding carboxylic acids is 1. The fourth-order valence-electron chi connectivity index (χ4n) is 2.21. The first-order chi connectivity index (χ1) is 10.1. The molecule has 1 aromatic carbocycles. The molecule has 3 aromatic rings. The number of carbonyl (C=O) groups is 1. The molecule has 3 rings (SSSR count). The van der Waals surface area contributed by atoms with Crippen molar-refractivity contribution in [2.75, 3.05) is 0 Å². The summed E-state index contributed by atoms with van der Waals surface area (Å²) in [6.45, 7) is 3.82. The number of para-hydroxylation sites is 1. The molecule has 0 atom stereocenters. The van der Waals surface area contributed by atoms with E-state index in [1.54, 1.807) is 17.4 Å². The maximum Gasteiger partial charge on any atom is 0.296 e. The van der Waals surface area contributed by atoms with Crippen LogP contribution in [0.5, 0.6) is 5.88 Å². The zero-order valence-corrected chi connectivity index (χ0v) is 12.4. The van der Waals surface area contributed by atoms with Crippen molar-refractivity contribution in [1.29, 1.82) is 0 Å². The first-order valence-electron chi connectivity index (χ1n) is 6.39. The van der Waals surface area contributed by atoms with Crippen LogP contribution in [0.3, 0.4) is 0 Å². The second-order valence-corrected chi connectivity index (χ2v) is 6.16. The molecule has 0 saturated heterocycles. The molecule has 2 N–H and O–H groups in total. The SMILES string of the molecule is Cc1cc(C(=O)N=Nc2c(O)[nH]c3ccccc23)c(C)s1. The number of H-pyrrole nitrogens is 1. The zero-order valence-electron chi connectivity index (χ0n) is 11.5. The first kappa shape index (κ1) is 13.5. The summed E-state index contributed by atoms with van der Waals surface area (Å²) >= 11 is 1.55. The predicted octanol–water partition coefficient (Wildman–Crippen LogP) is 4.48. The Morgan fingerprint density at radius 1 is 1.29 bits per heavy atom. The van der Waals surface area contributed by atoms with Gasteiger partial charge in [0.2, 0.25) is 5.88 Å². The number of nitrogens with one attached hydrogen (secondary N) is 1. The van der Waals surface area contributed by atoms with E-state index < -0.39 is 5.91 Å². The minimum atomic E-state index is -0.401. The number of benzene rings is 1. The predicted molar refractivity (Wildman–Crippen MR) is 82.6 cm³/mol. The van der Waals surface area contributed by atoms with Gasteiger partial charge in [0.25, 0.3) is 5.91 Å². The summed E-state index contributed by atoms with van der Waals surface area (Å²) in [6.07, 6.45) is 0. The topological polar surface area (TPSA) is 77.8 Å². The van der Waals surface area contributed by atoms with Gasteiger partial charge in [0.15, 0.2) is 5.69 Å². The monoisotopic (exact) mass is 299 g/mol. The Bertz CT molecular complexity index is 861. The van der Waals surface area contributed by atoms with Gasteiger partial charge in [-0.15, -0.1) is 21.6 Å². The van der Waals surface area contributed by atoms with Gasteiger partial charge in [-0.05, 0) is 26.0 Å². The molecular formula is C15H13N3O2S. The number of hydrogen-bond acceptors (Lipinski definition) is 4. The van der Waals surface area contributed by atoms with Crippen molar-refractivity contribution in [3.63, 3.8) is 0 Å². The van der Waals surface area contributed by atoms with E-state index in [1.807, 2.05) is 38.1 Å². The maximum absolute atomic E-state index is 12.1. The van der Waals surface area contributed by atoms with Gasteiger partial charge < -0.3 is 10.1 Å². The van der Waals surface area contributed by atoms with E-state index >= 15 is 0 Å². The second-order valence-electron chi connectivity index (χ2n) is 4.70. The zero-order chi connectivity index (χ0) is 15.0. The number of aromatic nitrogens is 1. The number of azo groups is 1. The largest absolute Gasteiger partial charge is 0.493 e. The highest BCUT2D eigenvalue weighted by Gasteiger charge is 2.13. The molecule has 2 heterocycles. The van der Waals surface area contributed by atoms with Crippen molar-refractivity contribution in [2.24, 2.45) is 10.2 Å². The first-order valence-corrected chi connectivity index (χ1v) is 7.20. The lowest BCUT2D eigenvalue weighted by Crippen LogP contribution is -1.92. The quantitative estimate of drug-likeness (QED) is 0.684. The van der Waals surface area contributed by atoms with Gasteiger partial charge >= 0.3 is 0 Å². The van der Waals surface area contributed by atoms with Gasteiger partial charge in [-0.25, -0.2) is 0 Å². The molecule has 0 fully saturated rings. The van der Waals surface area contributed by atoms with Crippen molar-refractivity contribution in [3.05, 3.63) is 45.6 Å². The number of amides is 1. The summed E-state index contributed by atoms with van der Waals surface area (Å²) in [5.41, 5.74) is 1.59. The van der Waals surface area contributed by atoms with Crippen LogP contribution in [0.2, 0.25) is 0 Å². The molecule has 0 unspecified atom stereocenters. The number of nitrogens with zero attached hydrogens (tertiary/aromatic N) is 2. The highest BCUT2D eigenvalue weighted by molar-refractivity contribution is 7.12. The third-order valence-electron chi connectivity index (χ3n) is 3.17. The highest BCUT2D eigenvalue weighted by atomic mass is 32.1. The minimum Gasteiger partial charge on any atom is -0.493 e. The van der Waals surface area contributed by atoms with Crippen molar-refractivity contribution in [3.8, 4) is 5.88 Å². The third-order valence-corrected chi connectivity index (χ3v) is 4.14. The molecule has 0 saturated carbocycles. The molecule has 1 amide bonds. The van der Waals surface area contributed by atoms with Crippen LogP contribution in [0, 0.1) is 13.8 Å². The summed E-state index contributed by atoms with van der Waals surface area (Å²) in [5, 5.41) is 18.2. The molecule has 106 valence electrons. The van der Waals surface area contributed by atoms with E-state index in [1.165, 1.54) is 0 Å². The molecule has 0 spiro atoms. The van der Waals surface area contributed by atoms with Crippen LogP contribution in [0.15, 0.2) is 40.6 Å². The van der Waals surface area contributed by atoms with Crippen molar-refractivity contribution in [2.45, 2.75) is 13.8 Å². The summed E-state index contributed by atoms with van der Waals surface area (Å²) in [4.78, 5) is 16.8. The van der Waals surface area contributed by atoms with Crippen LogP contribution in [-0.4, -0.2) is 16.0 Å². The normalized spacial score (nSPS) is 11.5. The lowest BCUT2D eigenvalue weighted by atomic mass is 10.2. The second kappa shape index (κ2) is 5.14. The Kier molecular flexibility index (Phi) is 3.31. The molecule has 0 bridgehead atoms. The minimum absolute atomic E-state index is 0.0917. The summed E-state index contributed by atoms with van der Waals surface area (Å²) in [6, 6.07) is 9.12. The molecule has 21 heavy (non-hydrogen) atoms. The van der Waals surface area contributed by atoms with E-state index in [9.17, 15) is 9.90 Å². The molecule has 0 aliphatic rings. The van der Waals surface area contributed by atoms with E-state index in [0.29, 0.717) is 5.56 Å². The molecule has 5 nitrogen and oxygen atoms in total. The van der Waals surface area contributed by atoms with Crippen molar-refractivity contribution < 1.29 is 9.90 Å². The number of rotatable bonds is 2. The summed E-state index contributed by atoms with van der Waals surface area (Å²) in [5.74, 6) is -0.493. The number of hydrogen-bond donors (Lipinski definition) is 2.